The maximum atomic E-state index is 12.5. The van der Waals surface area contributed by atoms with Crippen molar-refractivity contribution in [2.75, 3.05) is 31.1 Å². The normalized spacial score (nSPS) is 16.0. The van der Waals surface area contributed by atoms with Crippen LogP contribution in [0.5, 0.6) is 0 Å². The van der Waals surface area contributed by atoms with Crippen molar-refractivity contribution in [3.8, 4) is 0 Å². The highest BCUT2D eigenvalue weighted by molar-refractivity contribution is 6.82. The van der Waals surface area contributed by atoms with E-state index in [4.69, 9.17) is 4.74 Å². The average Bonchev–Trinajstić information content (AvgIpc) is 3.11. The SMILES string of the molecule is CC(C)[Si](C(C)C)(C(C)C)n1ccc2c(N3CCN(C(=O)OC(C)(C)C)CC3)cccc21. The molecule has 6 heteroatoms. The Morgan fingerprint density at radius 2 is 1.47 bits per heavy atom. The first-order valence-corrected chi connectivity index (χ1v) is 14.4. The number of nitrogens with zero attached hydrogens (tertiary/aromatic N) is 3. The summed E-state index contributed by atoms with van der Waals surface area (Å²) in [7, 11) is -1.81. The van der Waals surface area contributed by atoms with Crippen LogP contribution in [-0.4, -0.2) is 55.2 Å². The van der Waals surface area contributed by atoms with E-state index in [0.29, 0.717) is 29.7 Å². The van der Waals surface area contributed by atoms with Crippen LogP contribution in [0, 0.1) is 0 Å². The van der Waals surface area contributed by atoms with Gasteiger partial charge in [0.25, 0.3) is 0 Å². The smallest absolute Gasteiger partial charge is 0.410 e. The monoisotopic (exact) mass is 457 g/mol. The second-order valence-corrected chi connectivity index (χ2v) is 16.9. The van der Waals surface area contributed by atoms with E-state index in [1.165, 1.54) is 16.6 Å². The van der Waals surface area contributed by atoms with Gasteiger partial charge in [-0.25, -0.2) is 4.79 Å². The van der Waals surface area contributed by atoms with Gasteiger partial charge in [0.1, 0.15) is 5.60 Å². The molecule has 0 aliphatic carbocycles. The maximum absolute atomic E-state index is 12.5. The number of aromatic nitrogens is 1. The van der Waals surface area contributed by atoms with E-state index >= 15 is 0 Å². The maximum Gasteiger partial charge on any atom is 0.410 e. The Kier molecular flexibility index (Phi) is 7.04. The lowest BCUT2D eigenvalue weighted by Crippen LogP contribution is -2.51. The van der Waals surface area contributed by atoms with Crippen LogP contribution in [-0.2, 0) is 4.74 Å². The zero-order chi connectivity index (χ0) is 23.8. The number of carbonyl (C=O) groups excluding carboxylic acids is 1. The van der Waals surface area contributed by atoms with Crippen molar-refractivity contribution >= 4 is 30.9 Å². The third kappa shape index (κ3) is 4.43. The summed E-state index contributed by atoms with van der Waals surface area (Å²) in [6, 6.07) is 9.05. The van der Waals surface area contributed by atoms with Gasteiger partial charge in [0, 0.05) is 42.8 Å². The van der Waals surface area contributed by atoms with E-state index in [-0.39, 0.29) is 6.09 Å². The molecule has 2 heterocycles. The van der Waals surface area contributed by atoms with Crippen LogP contribution in [0.15, 0.2) is 30.5 Å². The van der Waals surface area contributed by atoms with Gasteiger partial charge in [-0.1, -0.05) is 47.6 Å². The molecule has 5 nitrogen and oxygen atoms in total. The predicted octanol–water partition coefficient (Wildman–Crippen LogP) is 6.72. The molecule has 0 atom stereocenters. The van der Waals surface area contributed by atoms with Gasteiger partial charge in [0.15, 0.2) is 8.24 Å². The number of ether oxygens (including phenoxy) is 1. The van der Waals surface area contributed by atoms with Crippen molar-refractivity contribution in [3.63, 3.8) is 0 Å². The van der Waals surface area contributed by atoms with Crippen LogP contribution in [0.1, 0.15) is 62.3 Å². The van der Waals surface area contributed by atoms with Crippen molar-refractivity contribution in [3.05, 3.63) is 30.5 Å². The number of anilines is 1. The highest BCUT2D eigenvalue weighted by Gasteiger charge is 2.45. The van der Waals surface area contributed by atoms with Gasteiger partial charge in [-0.15, -0.1) is 0 Å². The molecule has 3 rings (SSSR count). The number of piperazine rings is 1. The summed E-state index contributed by atoms with van der Waals surface area (Å²) in [5.41, 5.74) is 4.14. The molecule has 0 N–H and O–H groups in total. The lowest BCUT2D eigenvalue weighted by atomic mass is 10.1. The second-order valence-electron chi connectivity index (χ2n) is 11.2. The molecule has 0 unspecified atom stereocenters. The molecule has 178 valence electrons. The zero-order valence-electron chi connectivity index (χ0n) is 21.6. The van der Waals surface area contributed by atoms with Gasteiger partial charge in [0.2, 0.25) is 0 Å². The van der Waals surface area contributed by atoms with Crippen molar-refractivity contribution in [2.45, 2.75) is 84.5 Å². The van der Waals surface area contributed by atoms with Crippen molar-refractivity contribution in [1.82, 2.24) is 9.13 Å². The number of hydrogen-bond donors (Lipinski definition) is 0. The fourth-order valence-corrected chi connectivity index (χ4v) is 12.7. The van der Waals surface area contributed by atoms with Gasteiger partial charge in [-0.05, 0) is 61.8 Å². The van der Waals surface area contributed by atoms with Crippen LogP contribution in [0.4, 0.5) is 10.5 Å². The van der Waals surface area contributed by atoms with Crippen molar-refractivity contribution in [1.29, 1.82) is 0 Å². The molecule has 1 amide bonds. The summed E-state index contributed by atoms with van der Waals surface area (Å²) >= 11 is 0. The third-order valence-electron chi connectivity index (χ3n) is 7.17. The highest BCUT2D eigenvalue weighted by Crippen LogP contribution is 2.45. The zero-order valence-corrected chi connectivity index (χ0v) is 22.6. The van der Waals surface area contributed by atoms with E-state index < -0.39 is 13.8 Å². The van der Waals surface area contributed by atoms with E-state index in [1.807, 2.05) is 25.7 Å². The van der Waals surface area contributed by atoms with Gasteiger partial charge in [-0.2, -0.15) is 0 Å². The fourth-order valence-electron chi connectivity index (χ4n) is 6.06. The topological polar surface area (TPSA) is 37.7 Å². The van der Waals surface area contributed by atoms with Crippen LogP contribution in [0.25, 0.3) is 10.9 Å². The van der Waals surface area contributed by atoms with E-state index in [0.717, 1.165) is 13.1 Å². The first kappa shape index (κ1) is 24.7. The van der Waals surface area contributed by atoms with Gasteiger partial charge < -0.3 is 18.8 Å². The molecule has 32 heavy (non-hydrogen) atoms. The van der Waals surface area contributed by atoms with E-state index in [9.17, 15) is 4.79 Å². The molecule has 1 aliphatic rings. The average molecular weight is 458 g/mol. The quantitative estimate of drug-likeness (QED) is 0.468. The first-order valence-electron chi connectivity index (χ1n) is 12.2. The minimum Gasteiger partial charge on any atom is -0.444 e. The minimum absolute atomic E-state index is 0.205. The molecule has 0 saturated carbocycles. The van der Waals surface area contributed by atoms with Gasteiger partial charge >= 0.3 is 6.09 Å². The Balaban J connectivity index is 1.90. The second kappa shape index (κ2) is 9.12. The Bertz CT molecular complexity index is 912. The van der Waals surface area contributed by atoms with Crippen molar-refractivity contribution in [2.24, 2.45) is 0 Å². The molecule has 2 aromatic rings. The molecular weight excluding hydrogens is 414 g/mol. The summed E-state index contributed by atoms with van der Waals surface area (Å²) in [6.07, 6.45) is 2.15. The largest absolute Gasteiger partial charge is 0.444 e. The fraction of sp³-hybridized carbons (Fsp3) is 0.654. The molecule has 1 aromatic heterocycles. The van der Waals surface area contributed by atoms with Crippen LogP contribution < -0.4 is 4.90 Å². The molecule has 1 aromatic carbocycles. The molecular formula is C26H43N3O2Si. The van der Waals surface area contributed by atoms with Gasteiger partial charge in [-0.3, -0.25) is 0 Å². The molecule has 0 bridgehead atoms. The lowest BCUT2D eigenvalue weighted by molar-refractivity contribution is 0.0240. The standard InChI is InChI=1S/C26H43N3O2Si/c1-19(2)32(20(3)4,21(5)6)29-14-13-22-23(11-10-12-24(22)29)27-15-17-28(18-16-27)25(30)31-26(7,8)9/h10-14,19-21H,15-18H2,1-9H3. The Morgan fingerprint density at radius 1 is 0.906 bits per heavy atom. The Labute approximate surface area is 195 Å². The number of carbonyl (C=O) groups is 1. The van der Waals surface area contributed by atoms with Crippen LogP contribution >= 0.6 is 0 Å². The van der Waals surface area contributed by atoms with Crippen LogP contribution in [0.3, 0.4) is 0 Å². The number of benzene rings is 1. The lowest BCUT2D eigenvalue weighted by Gasteiger charge is -2.44. The van der Waals surface area contributed by atoms with Crippen LogP contribution in [0.2, 0.25) is 16.6 Å². The number of fused-ring (bicyclic) bond motifs is 1. The van der Waals surface area contributed by atoms with E-state index in [1.54, 1.807) is 0 Å². The number of rotatable bonds is 5. The molecule has 0 spiro atoms. The van der Waals surface area contributed by atoms with Crippen molar-refractivity contribution < 1.29 is 9.53 Å². The number of amides is 1. The number of hydrogen-bond acceptors (Lipinski definition) is 3. The Morgan fingerprint density at radius 3 is 1.97 bits per heavy atom. The van der Waals surface area contributed by atoms with Gasteiger partial charge in [0.05, 0.1) is 0 Å². The summed E-state index contributed by atoms with van der Waals surface area (Å²) < 4.78 is 8.25. The predicted molar refractivity (Wildman–Crippen MR) is 138 cm³/mol. The highest BCUT2D eigenvalue weighted by atomic mass is 28.3. The minimum atomic E-state index is -1.81. The summed E-state index contributed by atoms with van der Waals surface area (Å²) in [6.45, 7) is 23.3. The first-order chi connectivity index (χ1) is 14.9. The van der Waals surface area contributed by atoms with E-state index in [2.05, 4.69) is 81.1 Å². The summed E-state index contributed by atoms with van der Waals surface area (Å²) in [5.74, 6) is 0. The summed E-state index contributed by atoms with van der Waals surface area (Å²) in [4.78, 5) is 16.7. The molecule has 1 fully saturated rings. The molecule has 1 saturated heterocycles. The summed E-state index contributed by atoms with van der Waals surface area (Å²) in [5, 5.41) is 1.33. The Hall–Kier alpha value is -1.95. The molecule has 0 radical (unpaired) electrons. The third-order valence-corrected chi connectivity index (χ3v) is 13.9. The molecule has 1 aliphatic heterocycles.